The Labute approximate surface area is 190 Å². The number of carbonyl (C=O) groups excluding carboxylic acids is 1. The average Bonchev–Trinajstić information content (AvgIpc) is 2.95. The summed E-state index contributed by atoms with van der Waals surface area (Å²) in [5, 5.41) is 0. The predicted molar refractivity (Wildman–Crippen MR) is 122 cm³/mol. The molecule has 7 heteroatoms. The van der Waals surface area contributed by atoms with Crippen molar-refractivity contribution in [2.75, 3.05) is 19.6 Å². The zero-order chi connectivity index (χ0) is 23.1. The van der Waals surface area contributed by atoms with Gasteiger partial charge in [-0.05, 0) is 55.8 Å². The number of rotatable bonds is 1. The lowest BCUT2D eigenvalue weighted by Crippen LogP contribution is -2.55. The van der Waals surface area contributed by atoms with E-state index in [2.05, 4.69) is 4.90 Å². The lowest BCUT2D eigenvalue weighted by molar-refractivity contribution is 0.0571. The Hall–Kier alpha value is -3.74. The number of nitrogens with zero attached hydrogens (tertiary/aromatic N) is 3. The molecule has 1 atom stereocenters. The first-order valence-corrected chi connectivity index (χ1v) is 10.9. The molecule has 3 aromatic rings. The van der Waals surface area contributed by atoms with Crippen molar-refractivity contribution in [2.45, 2.75) is 19.9 Å². The van der Waals surface area contributed by atoms with Crippen LogP contribution in [-0.4, -0.2) is 47.2 Å². The molecule has 5 nitrogen and oxygen atoms in total. The second-order valence-corrected chi connectivity index (χ2v) is 8.40. The minimum Gasteiger partial charge on any atom is -0.454 e. The first kappa shape index (κ1) is 21.1. The second-order valence-electron chi connectivity index (χ2n) is 8.40. The molecule has 168 valence electrons. The maximum absolute atomic E-state index is 14.2. The predicted octanol–water partition coefficient (Wildman–Crippen LogP) is 5.30. The smallest absolute Gasteiger partial charge is 0.260 e. The zero-order valence-electron chi connectivity index (χ0n) is 18.4. The molecule has 3 aromatic carbocycles. The molecule has 5 rings (SSSR count). The minimum absolute atomic E-state index is 0.276. The monoisotopic (exact) mass is 447 g/mol. The zero-order valence-corrected chi connectivity index (χ0v) is 18.4. The van der Waals surface area contributed by atoms with Crippen LogP contribution < -0.4 is 4.74 Å². The SMILES string of the molecule is Cc1ccc2c(c1)Oc1ccccc1C(N1CCN(C(=O)c3c(F)cccc3F)[C@@H](C)C1)=N2. The fourth-order valence-electron chi connectivity index (χ4n) is 4.37. The molecule has 0 aromatic heterocycles. The van der Waals surface area contributed by atoms with Crippen molar-refractivity contribution in [1.82, 2.24) is 9.80 Å². The Kier molecular flexibility index (Phi) is 5.32. The molecule has 0 bridgehead atoms. The van der Waals surface area contributed by atoms with E-state index in [-0.39, 0.29) is 6.04 Å². The van der Waals surface area contributed by atoms with Crippen LogP contribution in [0.5, 0.6) is 11.5 Å². The van der Waals surface area contributed by atoms with Crippen molar-refractivity contribution in [2.24, 2.45) is 4.99 Å². The molecule has 0 N–H and O–H groups in total. The number of amides is 1. The summed E-state index contributed by atoms with van der Waals surface area (Å²) < 4.78 is 34.6. The van der Waals surface area contributed by atoms with Crippen molar-refractivity contribution in [1.29, 1.82) is 0 Å². The van der Waals surface area contributed by atoms with Crippen molar-refractivity contribution < 1.29 is 18.3 Å². The molecule has 2 aliphatic rings. The molecule has 0 radical (unpaired) electrons. The van der Waals surface area contributed by atoms with Crippen LogP contribution in [-0.2, 0) is 0 Å². The number of carbonyl (C=O) groups is 1. The molecule has 33 heavy (non-hydrogen) atoms. The van der Waals surface area contributed by atoms with E-state index in [9.17, 15) is 13.6 Å². The Balaban J connectivity index is 1.46. The number of benzene rings is 3. The molecule has 0 aliphatic carbocycles. The summed E-state index contributed by atoms with van der Waals surface area (Å²) in [6.07, 6.45) is 0. The molecule has 1 fully saturated rings. The number of aryl methyl sites for hydroxylation is 1. The third-order valence-electron chi connectivity index (χ3n) is 6.05. The number of hydrogen-bond acceptors (Lipinski definition) is 4. The van der Waals surface area contributed by atoms with Crippen molar-refractivity contribution in [3.8, 4) is 11.5 Å². The van der Waals surface area contributed by atoms with E-state index in [1.807, 2.05) is 56.3 Å². The summed E-state index contributed by atoms with van der Waals surface area (Å²) >= 11 is 0. The maximum atomic E-state index is 14.2. The Bertz CT molecular complexity index is 1250. The summed E-state index contributed by atoms with van der Waals surface area (Å²) in [5.41, 5.74) is 2.16. The van der Waals surface area contributed by atoms with Gasteiger partial charge in [0.05, 0.1) is 5.56 Å². The van der Waals surface area contributed by atoms with Gasteiger partial charge >= 0.3 is 0 Å². The van der Waals surface area contributed by atoms with E-state index in [0.29, 0.717) is 31.1 Å². The van der Waals surface area contributed by atoms with Crippen molar-refractivity contribution in [3.63, 3.8) is 0 Å². The van der Waals surface area contributed by atoms with Gasteiger partial charge in [0.2, 0.25) is 0 Å². The molecular weight excluding hydrogens is 424 g/mol. The van der Waals surface area contributed by atoms with Crippen LogP contribution in [0.3, 0.4) is 0 Å². The summed E-state index contributed by atoms with van der Waals surface area (Å²) in [6.45, 7) is 5.13. The molecule has 0 unspecified atom stereocenters. The van der Waals surface area contributed by atoms with Crippen LogP contribution >= 0.6 is 0 Å². The number of para-hydroxylation sites is 1. The van der Waals surface area contributed by atoms with Crippen LogP contribution in [0.2, 0.25) is 0 Å². The third kappa shape index (κ3) is 3.84. The average molecular weight is 447 g/mol. The van der Waals surface area contributed by atoms with Gasteiger partial charge in [-0.25, -0.2) is 13.8 Å². The number of amidine groups is 1. The van der Waals surface area contributed by atoms with Crippen molar-refractivity contribution in [3.05, 3.63) is 89.0 Å². The number of halogens is 2. The minimum atomic E-state index is -0.847. The number of ether oxygens (including phenoxy) is 1. The van der Waals surface area contributed by atoms with Gasteiger partial charge in [-0.1, -0.05) is 24.3 Å². The number of hydrogen-bond donors (Lipinski definition) is 0. The standard InChI is InChI=1S/C26H23F2N3O2/c1-16-10-11-21-23(14-16)33-22-9-4-3-6-18(22)25(29-21)30-12-13-31(17(2)15-30)26(32)24-19(27)7-5-8-20(24)28/h3-11,14,17H,12-13,15H2,1-2H3/t17-/m0/s1. The van der Waals surface area contributed by atoms with E-state index in [0.717, 1.165) is 34.8 Å². The van der Waals surface area contributed by atoms with Gasteiger partial charge in [0.1, 0.15) is 34.5 Å². The quantitative estimate of drug-likeness (QED) is 0.508. The van der Waals surface area contributed by atoms with Gasteiger partial charge in [-0.3, -0.25) is 4.79 Å². The largest absolute Gasteiger partial charge is 0.454 e. The fourth-order valence-corrected chi connectivity index (χ4v) is 4.37. The highest BCUT2D eigenvalue weighted by molar-refractivity contribution is 6.04. The summed E-state index contributed by atoms with van der Waals surface area (Å²) in [5.74, 6) is -0.176. The van der Waals surface area contributed by atoms with Gasteiger partial charge in [0.25, 0.3) is 5.91 Å². The summed E-state index contributed by atoms with van der Waals surface area (Å²) in [6, 6.07) is 16.8. The van der Waals surface area contributed by atoms with E-state index in [1.54, 1.807) is 0 Å². The molecule has 1 amide bonds. The van der Waals surface area contributed by atoms with Gasteiger partial charge in [0, 0.05) is 25.7 Å². The third-order valence-corrected chi connectivity index (χ3v) is 6.05. The molecule has 0 saturated carbocycles. The van der Waals surface area contributed by atoms with Crippen LogP contribution in [0, 0.1) is 18.6 Å². The van der Waals surface area contributed by atoms with Crippen LogP contribution in [0.15, 0.2) is 65.7 Å². The molecular formula is C26H23F2N3O2. The molecule has 0 spiro atoms. The lowest BCUT2D eigenvalue weighted by atomic mass is 10.1. The Morgan fingerprint density at radius 3 is 2.52 bits per heavy atom. The number of piperazine rings is 1. The van der Waals surface area contributed by atoms with E-state index >= 15 is 0 Å². The Morgan fingerprint density at radius 1 is 1.00 bits per heavy atom. The van der Waals surface area contributed by atoms with Gasteiger partial charge in [-0.2, -0.15) is 0 Å². The number of aliphatic imine (C=N–C) groups is 1. The summed E-state index contributed by atoms with van der Waals surface area (Å²) in [4.78, 5) is 21.5. The first-order chi connectivity index (χ1) is 15.9. The van der Waals surface area contributed by atoms with Gasteiger partial charge < -0.3 is 14.5 Å². The molecule has 2 heterocycles. The van der Waals surface area contributed by atoms with Crippen LogP contribution in [0.4, 0.5) is 14.5 Å². The molecule has 2 aliphatic heterocycles. The molecule has 1 saturated heterocycles. The van der Waals surface area contributed by atoms with E-state index in [4.69, 9.17) is 9.73 Å². The Morgan fingerprint density at radius 2 is 1.76 bits per heavy atom. The maximum Gasteiger partial charge on any atom is 0.260 e. The van der Waals surface area contributed by atoms with Gasteiger partial charge in [0.15, 0.2) is 5.75 Å². The topological polar surface area (TPSA) is 45.1 Å². The highest BCUT2D eigenvalue weighted by Crippen LogP contribution is 2.39. The van der Waals surface area contributed by atoms with E-state index < -0.39 is 23.1 Å². The highest BCUT2D eigenvalue weighted by atomic mass is 19.1. The highest BCUT2D eigenvalue weighted by Gasteiger charge is 2.33. The van der Waals surface area contributed by atoms with Crippen molar-refractivity contribution >= 4 is 17.4 Å². The van der Waals surface area contributed by atoms with Crippen LogP contribution in [0.1, 0.15) is 28.4 Å². The van der Waals surface area contributed by atoms with E-state index in [1.165, 1.54) is 11.0 Å². The fraction of sp³-hybridized carbons (Fsp3) is 0.231. The second kappa shape index (κ2) is 8.31. The summed E-state index contributed by atoms with van der Waals surface area (Å²) in [7, 11) is 0. The number of fused-ring (bicyclic) bond motifs is 2. The van der Waals surface area contributed by atoms with Crippen LogP contribution in [0.25, 0.3) is 0 Å². The van der Waals surface area contributed by atoms with Gasteiger partial charge in [-0.15, -0.1) is 0 Å². The first-order valence-electron chi connectivity index (χ1n) is 10.9. The normalized spacial score (nSPS) is 17.5. The lowest BCUT2D eigenvalue weighted by Gasteiger charge is -2.41.